The molecule has 0 saturated carbocycles. The zero-order valence-corrected chi connectivity index (χ0v) is 14.3. The van der Waals surface area contributed by atoms with Gasteiger partial charge in [0.2, 0.25) is 0 Å². The van der Waals surface area contributed by atoms with Crippen LogP contribution in [0.5, 0.6) is 0 Å². The lowest BCUT2D eigenvalue weighted by atomic mass is 10.1. The molecule has 4 aromatic rings. The lowest BCUT2D eigenvalue weighted by Crippen LogP contribution is -2.22. The number of carbonyl (C=O) groups is 1. The van der Waals surface area contributed by atoms with Crippen LogP contribution in [0.3, 0.4) is 0 Å². The highest BCUT2D eigenvalue weighted by atomic mass is 32.1. The van der Waals surface area contributed by atoms with Crippen LogP contribution >= 0.6 is 11.3 Å². The molecule has 0 fully saturated rings. The van der Waals surface area contributed by atoms with E-state index in [0.29, 0.717) is 26.8 Å². The standard InChI is InChI=1S/C19H14FN3O2S/c20-12-5-3-11(4-6-12)15-8-7-14-16(21)17(26-19(14)23-15)18(24)22-10-13-2-1-9-25-13/h1-9H,10,21H2,(H,22,24). The maximum absolute atomic E-state index is 13.1. The smallest absolute Gasteiger partial charge is 0.263 e. The van der Waals surface area contributed by atoms with Gasteiger partial charge in [0.25, 0.3) is 5.91 Å². The molecule has 0 radical (unpaired) electrons. The van der Waals surface area contributed by atoms with Crippen molar-refractivity contribution in [2.45, 2.75) is 6.54 Å². The van der Waals surface area contributed by atoms with Crippen LogP contribution in [-0.4, -0.2) is 10.9 Å². The first-order valence-corrected chi connectivity index (χ1v) is 8.69. The van der Waals surface area contributed by atoms with E-state index >= 15 is 0 Å². The van der Waals surface area contributed by atoms with Gasteiger partial charge in [0, 0.05) is 10.9 Å². The van der Waals surface area contributed by atoms with Gasteiger partial charge < -0.3 is 15.5 Å². The lowest BCUT2D eigenvalue weighted by Gasteiger charge is -2.02. The number of nitrogen functional groups attached to an aromatic ring is 1. The fraction of sp³-hybridized carbons (Fsp3) is 0.0526. The maximum atomic E-state index is 13.1. The molecule has 1 amide bonds. The first kappa shape index (κ1) is 16.3. The van der Waals surface area contributed by atoms with Crippen molar-refractivity contribution in [2.75, 3.05) is 5.73 Å². The third kappa shape index (κ3) is 3.04. The highest BCUT2D eigenvalue weighted by Gasteiger charge is 2.18. The Morgan fingerprint density at radius 1 is 1.19 bits per heavy atom. The molecule has 3 aromatic heterocycles. The van der Waals surface area contributed by atoms with Crippen LogP contribution < -0.4 is 11.1 Å². The van der Waals surface area contributed by atoms with Crippen molar-refractivity contribution in [3.8, 4) is 11.3 Å². The number of hydrogen-bond acceptors (Lipinski definition) is 5. The highest BCUT2D eigenvalue weighted by molar-refractivity contribution is 7.21. The predicted molar refractivity (Wildman–Crippen MR) is 99.3 cm³/mol. The topological polar surface area (TPSA) is 81.2 Å². The van der Waals surface area contributed by atoms with Crippen LogP contribution in [-0.2, 0) is 6.54 Å². The van der Waals surface area contributed by atoms with E-state index in [1.807, 2.05) is 12.1 Å². The summed E-state index contributed by atoms with van der Waals surface area (Å²) < 4.78 is 18.3. The SMILES string of the molecule is Nc1c(C(=O)NCc2ccco2)sc2nc(-c3ccc(F)cc3)ccc12. The number of halogens is 1. The van der Waals surface area contributed by atoms with Crippen molar-refractivity contribution in [3.05, 3.63) is 71.2 Å². The molecule has 3 heterocycles. The molecule has 0 spiro atoms. The third-order valence-corrected chi connectivity index (χ3v) is 5.06. The van der Waals surface area contributed by atoms with Crippen LogP contribution in [0, 0.1) is 5.82 Å². The van der Waals surface area contributed by atoms with Gasteiger partial charge in [0.15, 0.2) is 0 Å². The Bertz CT molecular complexity index is 1070. The molecule has 130 valence electrons. The highest BCUT2D eigenvalue weighted by Crippen LogP contribution is 2.34. The van der Waals surface area contributed by atoms with Gasteiger partial charge in [0.05, 0.1) is 24.2 Å². The summed E-state index contributed by atoms with van der Waals surface area (Å²) in [4.78, 5) is 18.1. The fourth-order valence-electron chi connectivity index (χ4n) is 2.61. The normalized spacial score (nSPS) is 11.0. The number of furan rings is 1. The van der Waals surface area contributed by atoms with Gasteiger partial charge in [-0.3, -0.25) is 4.79 Å². The van der Waals surface area contributed by atoms with Crippen LogP contribution in [0.15, 0.2) is 59.2 Å². The second kappa shape index (κ2) is 6.61. The van der Waals surface area contributed by atoms with Crippen LogP contribution in [0.2, 0.25) is 0 Å². The first-order chi connectivity index (χ1) is 12.6. The number of carbonyl (C=O) groups excluding carboxylic acids is 1. The summed E-state index contributed by atoms with van der Waals surface area (Å²) in [7, 11) is 0. The second-order valence-electron chi connectivity index (χ2n) is 5.66. The summed E-state index contributed by atoms with van der Waals surface area (Å²) in [5.74, 6) is 0.0886. The predicted octanol–water partition coefficient (Wildman–Crippen LogP) is 4.21. The molecule has 0 atom stereocenters. The van der Waals surface area contributed by atoms with Gasteiger partial charge in [-0.2, -0.15) is 0 Å². The van der Waals surface area contributed by atoms with Gasteiger partial charge in [-0.1, -0.05) is 0 Å². The van der Waals surface area contributed by atoms with Gasteiger partial charge in [0.1, 0.15) is 21.3 Å². The van der Waals surface area contributed by atoms with Gasteiger partial charge in [-0.15, -0.1) is 11.3 Å². The number of thiophene rings is 1. The number of nitrogens with two attached hydrogens (primary N) is 1. The summed E-state index contributed by atoms with van der Waals surface area (Å²) in [6.45, 7) is 0.285. The average Bonchev–Trinajstić information content (AvgIpc) is 3.28. The number of amides is 1. The maximum Gasteiger partial charge on any atom is 0.263 e. The van der Waals surface area contributed by atoms with Crippen molar-refractivity contribution in [2.24, 2.45) is 0 Å². The molecule has 3 N–H and O–H groups in total. The fourth-order valence-corrected chi connectivity index (χ4v) is 3.62. The molecule has 1 aromatic carbocycles. The largest absolute Gasteiger partial charge is 0.467 e. The number of anilines is 1. The molecule has 0 aliphatic carbocycles. The van der Waals surface area contributed by atoms with Crippen molar-refractivity contribution in [1.82, 2.24) is 10.3 Å². The van der Waals surface area contributed by atoms with E-state index in [4.69, 9.17) is 10.2 Å². The summed E-state index contributed by atoms with van der Waals surface area (Å²) in [5, 5.41) is 3.51. The minimum Gasteiger partial charge on any atom is -0.467 e. The molecule has 0 saturated heterocycles. The second-order valence-corrected chi connectivity index (χ2v) is 6.66. The Labute approximate surface area is 152 Å². The molecule has 0 aliphatic rings. The van der Waals surface area contributed by atoms with E-state index < -0.39 is 0 Å². The summed E-state index contributed by atoms with van der Waals surface area (Å²) >= 11 is 1.23. The number of nitrogens with one attached hydrogen (secondary N) is 1. The quantitative estimate of drug-likeness (QED) is 0.566. The van der Waals surface area contributed by atoms with Crippen LogP contribution in [0.25, 0.3) is 21.5 Å². The Kier molecular flexibility index (Phi) is 4.14. The summed E-state index contributed by atoms with van der Waals surface area (Å²) in [6, 6.07) is 13.3. The molecular formula is C19H14FN3O2S. The van der Waals surface area contributed by atoms with E-state index in [2.05, 4.69) is 10.3 Å². The molecule has 5 nitrogen and oxygen atoms in total. The number of benzene rings is 1. The van der Waals surface area contributed by atoms with E-state index in [-0.39, 0.29) is 18.3 Å². The summed E-state index contributed by atoms with van der Waals surface area (Å²) in [6.07, 6.45) is 1.55. The molecule has 0 aliphatic heterocycles. The number of nitrogens with zero attached hydrogens (tertiary/aromatic N) is 1. The Morgan fingerprint density at radius 3 is 2.73 bits per heavy atom. The van der Waals surface area contributed by atoms with E-state index in [9.17, 15) is 9.18 Å². The minimum atomic E-state index is -0.300. The number of hydrogen-bond donors (Lipinski definition) is 2. The van der Waals surface area contributed by atoms with Crippen molar-refractivity contribution < 1.29 is 13.6 Å². The third-order valence-electron chi connectivity index (χ3n) is 3.94. The Balaban J connectivity index is 1.63. The zero-order chi connectivity index (χ0) is 18.1. The van der Waals surface area contributed by atoms with E-state index in [1.165, 1.54) is 23.5 Å². The van der Waals surface area contributed by atoms with Gasteiger partial charge in [-0.25, -0.2) is 9.37 Å². The molecular weight excluding hydrogens is 353 g/mol. The molecule has 26 heavy (non-hydrogen) atoms. The summed E-state index contributed by atoms with van der Waals surface area (Å²) in [5.41, 5.74) is 8.03. The number of fused-ring (bicyclic) bond motifs is 1. The molecule has 7 heteroatoms. The number of rotatable bonds is 4. The van der Waals surface area contributed by atoms with E-state index in [0.717, 1.165) is 10.9 Å². The molecule has 0 unspecified atom stereocenters. The zero-order valence-electron chi connectivity index (χ0n) is 13.5. The minimum absolute atomic E-state index is 0.273. The van der Waals surface area contributed by atoms with Gasteiger partial charge in [-0.05, 0) is 48.5 Å². The van der Waals surface area contributed by atoms with Crippen LogP contribution in [0.4, 0.5) is 10.1 Å². The van der Waals surface area contributed by atoms with Gasteiger partial charge >= 0.3 is 0 Å². The number of pyridine rings is 1. The monoisotopic (exact) mass is 367 g/mol. The first-order valence-electron chi connectivity index (χ1n) is 7.87. The van der Waals surface area contributed by atoms with E-state index in [1.54, 1.807) is 30.5 Å². The molecule has 4 rings (SSSR count). The lowest BCUT2D eigenvalue weighted by molar-refractivity contribution is 0.0953. The average molecular weight is 367 g/mol. The van der Waals surface area contributed by atoms with Crippen LogP contribution in [0.1, 0.15) is 15.4 Å². The van der Waals surface area contributed by atoms with Crippen molar-refractivity contribution in [3.63, 3.8) is 0 Å². The molecule has 0 bridgehead atoms. The Hall–Kier alpha value is -3.19. The Morgan fingerprint density at radius 2 is 2.00 bits per heavy atom. The van der Waals surface area contributed by atoms with Crippen molar-refractivity contribution in [1.29, 1.82) is 0 Å². The number of aromatic nitrogens is 1. The van der Waals surface area contributed by atoms with Crippen molar-refractivity contribution >= 4 is 33.1 Å².